The summed E-state index contributed by atoms with van der Waals surface area (Å²) in [6, 6.07) is -5.24. The number of unbranched alkanes of at least 4 members (excludes halogenated alkanes) is 4. The van der Waals surface area contributed by atoms with Gasteiger partial charge in [0.15, 0.2) is 18.9 Å². The molecule has 35 heteroatoms. The average Bonchev–Trinajstić information content (AvgIpc) is 3.56. The molecular formula is C54H96N7O27P. The lowest BCUT2D eigenvalue weighted by Crippen LogP contribution is -2.64. The van der Waals surface area contributed by atoms with Crippen LogP contribution in [0.5, 0.6) is 0 Å². The number of hydrogen-bond acceptors (Lipinski definition) is 26. The second-order valence-electron chi connectivity index (χ2n) is 21.9. The summed E-state index contributed by atoms with van der Waals surface area (Å²) >= 11 is 0. The first-order valence-corrected chi connectivity index (χ1v) is 31.5. The first-order valence-electron chi connectivity index (χ1n) is 30.0. The fourth-order valence-electron chi connectivity index (χ4n) is 9.57. The zero-order valence-electron chi connectivity index (χ0n) is 50.9. The van der Waals surface area contributed by atoms with E-state index in [9.17, 15) is 93.8 Å². The summed E-state index contributed by atoms with van der Waals surface area (Å²) in [5.41, 5.74) is 0. The number of aliphatic hydroxyl groups excluding tert-OH is 9. The molecule has 18 atom stereocenters. The molecule has 3 saturated heterocycles. The first kappa shape index (κ1) is 78.7. The Morgan fingerprint density at radius 1 is 0.483 bits per heavy atom. The van der Waals surface area contributed by atoms with Gasteiger partial charge in [0.2, 0.25) is 41.4 Å². The minimum atomic E-state index is -4.16. The molecule has 514 valence electrons. The van der Waals surface area contributed by atoms with E-state index in [2.05, 4.69) is 41.7 Å². The Morgan fingerprint density at radius 3 is 1.42 bits per heavy atom. The van der Waals surface area contributed by atoms with Gasteiger partial charge in [-0.1, -0.05) is 13.3 Å². The highest BCUT2D eigenvalue weighted by molar-refractivity contribution is 7.47. The second kappa shape index (κ2) is 41.8. The smallest absolute Gasteiger partial charge is 0.394 e. The Kier molecular flexibility index (Phi) is 37.0. The molecule has 7 amide bonds. The monoisotopic (exact) mass is 1310 g/mol. The van der Waals surface area contributed by atoms with E-state index in [-0.39, 0.29) is 103 Å². The van der Waals surface area contributed by atoms with Crippen LogP contribution in [0.1, 0.15) is 117 Å². The van der Waals surface area contributed by atoms with Crippen molar-refractivity contribution in [3.8, 4) is 0 Å². The molecule has 0 saturated carbocycles. The number of ether oxygens (including phenoxy) is 6. The van der Waals surface area contributed by atoms with Crippen LogP contribution in [-0.4, -0.2) is 269 Å². The topological polar surface area (TPSA) is 514 Å². The minimum absolute atomic E-state index is 0.00213. The highest BCUT2D eigenvalue weighted by Gasteiger charge is 2.47. The van der Waals surface area contributed by atoms with Gasteiger partial charge in [-0.15, -0.1) is 0 Å². The zero-order valence-corrected chi connectivity index (χ0v) is 51.7. The van der Waals surface area contributed by atoms with E-state index < -0.39 is 173 Å². The van der Waals surface area contributed by atoms with Crippen molar-refractivity contribution in [1.29, 1.82) is 0 Å². The van der Waals surface area contributed by atoms with Gasteiger partial charge in [-0.25, -0.2) is 4.57 Å². The molecule has 3 heterocycles. The molecule has 3 rings (SSSR count). The maximum Gasteiger partial charge on any atom is 0.471 e. The van der Waals surface area contributed by atoms with Crippen LogP contribution in [0.3, 0.4) is 0 Å². The van der Waals surface area contributed by atoms with Crippen LogP contribution in [0.15, 0.2) is 0 Å². The maximum atomic E-state index is 14.2. The highest BCUT2D eigenvalue weighted by atomic mass is 31.2. The standard InChI is InChI=1S/C54H96N7O27P/c1-30-44(71)45(72)36(27-62)86-52(30)82-23-11-8-21-57-50(77)34(15-18-40(69)56-22-12-25-84-54-43(59-32(3)66)49(76)47(74)38(29-64)88-54)61-51(78)35(60-41(70)17-14-33(67)13-6-5-9-26-85-89(79,80)81-4)16-19-39(68)55-20-7-10-24-83-53-42(58-31(2)65)48(75)46(73)37(28-63)87-53/h30,34-38,42-49,52-54,62-64,71-76H,5-29H2,1-4H3,(H,55,68)(H,56,69)(H,57,77)(H,58,65)(H,59,66)(H,60,70)(H,61,78)(H,79,80)/t30-,34+,35+,36-,37-,38-,42-,43-,44-,45+,46+,47+,48-,49-,52-,53-,54-/m1/s1. The fraction of sp³-hybridized carbons (Fsp3) is 0.852. The number of nitrogens with one attached hydrogen (secondary N) is 7. The molecule has 34 nitrogen and oxygen atoms in total. The van der Waals surface area contributed by atoms with Crippen LogP contribution in [0.4, 0.5) is 0 Å². The number of hydrogen-bond donors (Lipinski definition) is 17. The number of amides is 7. The summed E-state index contributed by atoms with van der Waals surface area (Å²) in [7, 11) is -3.14. The van der Waals surface area contributed by atoms with Gasteiger partial charge in [0, 0.05) is 91.8 Å². The van der Waals surface area contributed by atoms with E-state index in [1.165, 1.54) is 13.8 Å². The molecule has 3 aliphatic heterocycles. The van der Waals surface area contributed by atoms with E-state index in [1.807, 2.05) is 0 Å². The van der Waals surface area contributed by atoms with Crippen molar-refractivity contribution in [1.82, 2.24) is 37.2 Å². The van der Waals surface area contributed by atoms with Gasteiger partial charge in [0.1, 0.15) is 78.8 Å². The number of rotatable bonds is 43. The molecule has 0 aliphatic carbocycles. The summed E-state index contributed by atoms with van der Waals surface area (Å²) < 4.78 is 54.5. The van der Waals surface area contributed by atoms with Crippen LogP contribution < -0.4 is 37.2 Å². The van der Waals surface area contributed by atoms with Crippen molar-refractivity contribution in [3.05, 3.63) is 0 Å². The predicted octanol–water partition coefficient (Wildman–Crippen LogP) is -5.50. The SMILES string of the molecule is COP(=O)(O)OCCCCCC(=O)CCC(=O)N[C@@H](CCC(=O)NCCCCO[C@@H]1O[C@H](CO)[C@H](O)[C@H](O)[C@H]1NC(C)=O)C(=O)N[C@@H](CCC(=O)NCCCO[C@@H]1O[C@H](CO)[C@H](O)[C@H](O)[C@H]1NC(C)=O)C(=O)NCCCCO[C@@H]1O[C@H](CO)[C@H](O)[C@H](O)[C@H]1C. The number of phosphoric ester groups is 1. The molecule has 89 heavy (non-hydrogen) atoms. The molecule has 0 radical (unpaired) electrons. The summed E-state index contributed by atoms with van der Waals surface area (Å²) in [5.74, 6) is -5.58. The van der Waals surface area contributed by atoms with Gasteiger partial charge in [-0.05, 0) is 57.8 Å². The lowest BCUT2D eigenvalue weighted by Gasteiger charge is -2.42. The van der Waals surface area contributed by atoms with Crippen molar-refractivity contribution >= 4 is 55.0 Å². The van der Waals surface area contributed by atoms with E-state index in [0.29, 0.717) is 44.9 Å². The van der Waals surface area contributed by atoms with Crippen LogP contribution >= 0.6 is 7.82 Å². The summed E-state index contributed by atoms with van der Waals surface area (Å²) in [4.78, 5) is 114. The van der Waals surface area contributed by atoms with Crippen molar-refractivity contribution in [3.63, 3.8) is 0 Å². The molecule has 0 aromatic rings. The largest absolute Gasteiger partial charge is 0.471 e. The van der Waals surface area contributed by atoms with Gasteiger partial charge in [-0.3, -0.25) is 47.4 Å². The number of ketones is 1. The molecule has 0 bridgehead atoms. The van der Waals surface area contributed by atoms with Crippen molar-refractivity contribution in [2.45, 2.75) is 215 Å². The Bertz CT molecular complexity index is 2230. The third kappa shape index (κ3) is 28.5. The predicted molar refractivity (Wildman–Crippen MR) is 305 cm³/mol. The fourth-order valence-corrected chi connectivity index (χ4v) is 10.0. The Balaban J connectivity index is 1.69. The Labute approximate surface area is 516 Å². The van der Waals surface area contributed by atoms with Gasteiger partial charge >= 0.3 is 7.82 Å². The average molecular weight is 1310 g/mol. The van der Waals surface area contributed by atoms with Gasteiger partial charge in [0.05, 0.1) is 39.1 Å². The Morgan fingerprint density at radius 2 is 0.921 bits per heavy atom. The van der Waals surface area contributed by atoms with Crippen LogP contribution in [0, 0.1) is 5.92 Å². The number of carbonyl (C=O) groups is 8. The van der Waals surface area contributed by atoms with Crippen molar-refractivity contribution in [2.75, 3.05) is 73.0 Å². The number of carbonyl (C=O) groups excluding carboxylic acids is 8. The number of Topliss-reactive ketones (excluding diaryl/α,β-unsaturated/α-hetero) is 1. The van der Waals surface area contributed by atoms with Crippen LogP contribution in [0.25, 0.3) is 0 Å². The van der Waals surface area contributed by atoms with Gasteiger partial charge < -0.3 is 116 Å². The van der Waals surface area contributed by atoms with E-state index >= 15 is 0 Å². The van der Waals surface area contributed by atoms with Gasteiger partial charge in [-0.2, -0.15) is 0 Å². The summed E-state index contributed by atoms with van der Waals surface area (Å²) in [6.07, 6.45) is -14.8. The highest BCUT2D eigenvalue weighted by Crippen LogP contribution is 2.42. The molecule has 0 aromatic carbocycles. The number of phosphoric acid groups is 1. The lowest BCUT2D eigenvalue weighted by atomic mass is 9.92. The maximum absolute atomic E-state index is 14.2. The molecule has 3 aliphatic rings. The van der Waals surface area contributed by atoms with E-state index in [1.54, 1.807) is 6.92 Å². The zero-order chi connectivity index (χ0) is 66.2. The van der Waals surface area contributed by atoms with Crippen molar-refractivity contribution < 1.29 is 131 Å². The molecule has 17 N–H and O–H groups in total. The number of aliphatic hydroxyl groups is 9. The summed E-state index contributed by atoms with van der Waals surface area (Å²) in [5, 5.41) is 109. The minimum Gasteiger partial charge on any atom is -0.394 e. The lowest BCUT2D eigenvalue weighted by molar-refractivity contribution is -0.282. The Hall–Kier alpha value is -4.53. The van der Waals surface area contributed by atoms with Crippen LogP contribution in [-0.2, 0) is 80.4 Å². The molecular weight excluding hydrogens is 1210 g/mol. The van der Waals surface area contributed by atoms with Crippen molar-refractivity contribution in [2.24, 2.45) is 5.92 Å². The molecule has 3 fully saturated rings. The third-order valence-corrected chi connectivity index (χ3v) is 15.7. The molecule has 0 aromatic heterocycles. The first-order chi connectivity index (χ1) is 42.3. The quantitative estimate of drug-likeness (QED) is 0.0200. The van der Waals surface area contributed by atoms with E-state index in [4.69, 9.17) is 32.9 Å². The second-order valence-corrected chi connectivity index (χ2v) is 23.5. The van der Waals surface area contributed by atoms with Gasteiger partial charge in [0.25, 0.3) is 0 Å². The van der Waals surface area contributed by atoms with Crippen LogP contribution in [0.2, 0.25) is 0 Å². The molecule has 0 spiro atoms. The normalized spacial score (nSPS) is 28.3. The molecule has 1 unspecified atom stereocenters. The third-order valence-electron chi connectivity index (χ3n) is 14.8. The van der Waals surface area contributed by atoms with E-state index in [0.717, 1.165) is 7.11 Å². The summed E-state index contributed by atoms with van der Waals surface area (Å²) in [6.45, 7) is 2.12.